The number of rotatable bonds is 2. The molecule has 0 saturated heterocycles. The number of benzene rings is 1. The van der Waals surface area contributed by atoms with Gasteiger partial charge in [-0.3, -0.25) is 0 Å². The van der Waals surface area contributed by atoms with Crippen LogP contribution in [0.5, 0.6) is 0 Å². The number of H-pyrrole nitrogens is 1. The average Bonchev–Trinajstić information content (AvgIpc) is 2.70. The van der Waals surface area contributed by atoms with Gasteiger partial charge in [-0.05, 0) is 43.9 Å². The summed E-state index contributed by atoms with van der Waals surface area (Å²) >= 11 is 1.85. The molecular weight excluding hydrogens is 242 g/mol. The van der Waals surface area contributed by atoms with E-state index >= 15 is 0 Å². The number of aryl methyl sites for hydroxylation is 1. The molecule has 3 rings (SSSR count). The third-order valence-electron chi connectivity index (χ3n) is 3.56. The standard InChI is InChI=1S/C14H19N3S/c1-9-5-6-12-13(7-9)17-14(16-12)18-11-4-2-3-10(15)8-11/h5-7,10-11H,2-4,8,15H2,1H3,(H,16,17). The summed E-state index contributed by atoms with van der Waals surface area (Å²) in [6, 6.07) is 6.72. The molecule has 3 nitrogen and oxygen atoms in total. The third-order valence-corrected chi connectivity index (χ3v) is 4.74. The number of thioether (sulfide) groups is 1. The van der Waals surface area contributed by atoms with E-state index in [0.717, 1.165) is 22.6 Å². The molecule has 1 aromatic heterocycles. The predicted molar refractivity (Wildman–Crippen MR) is 76.9 cm³/mol. The second-order valence-electron chi connectivity index (χ2n) is 5.23. The van der Waals surface area contributed by atoms with Crippen LogP contribution < -0.4 is 5.73 Å². The number of hydrogen-bond acceptors (Lipinski definition) is 3. The van der Waals surface area contributed by atoms with E-state index in [1.54, 1.807) is 0 Å². The molecule has 0 spiro atoms. The van der Waals surface area contributed by atoms with Crippen LogP contribution in [0.15, 0.2) is 23.4 Å². The van der Waals surface area contributed by atoms with Crippen molar-refractivity contribution in [2.45, 2.75) is 49.1 Å². The maximum atomic E-state index is 6.03. The molecule has 2 unspecified atom stereocenters. The lowest BCUT2D eigenvalue weighted by Gasteiger charge is -2.25. The minimum absolute atomic E-state index is 0.378. The van der Waals surface area contributed by atoms with Crippen LogP contribution in [0, 0.1) is 6.92 Å². The van der Waals surface area contributed by atoms with Crippen LogP contribution >= 0.6 is 11.8 Å². The van der Waals surface area contributed by atoms with Crippen LogP contribution in [0.2, 0.25) is 0 Å². The number of hydrogen-bond donors (Lipinski definition) is 2. The molecule has 1 fully saturated rings. The lowest BCUT2D eigenvalue weighted by atomic mass is 9.96. The fourth-order valence-electron chi connectivity index (χ4n) is 2.60. The summed E-state index contributed by atoms with van der Waals surface area (Å²) in [6.45, 7) is 2.10. The maximum absolute atomic E-state index is 6.03. The lowest BCUT2D eigenvalue weighted by Crippen LogP contribution is -2.29. The van der Waals surface area contributed by atoms with Gasteiger partial charge in [-0.1, -0.05) is 24.2 Å². The summed E-state index contributed by atoms with van der Waals surface area (Å²) in [4.78, 5) is 8.05. The van der Waals surface area contributed by atoms with E-state index in [2.05, 4.69) is 35.1 Å². The molecule has 2 atom stereocenters. The highest BCUT2D eigenvalue weighted by Gasteiger charge is 2.21. The molecule has 4 heteroatoms. The van der Waals surface area contributed by atoms with Crippen molar-refractivity contribution in [2.24, 2.45) is 5.73 Å². The first-order valence-corrected chi connectivity index (χ1v) is 7.47. The van der Waals surface area contributed by atoms with Crippen LogP contribution in [0.4, 0.5) is 0 Å². The van der Waals surface area contributed by atoms with Gasteiger partial charge >= 0.3 is 0 Å². The Kier molecular flexibility index (Phi) is 3.31. The molecule has 1 aliphatic rings. The third kappa shape index (κ3) is 2.54. The van der Waals surface area contributed by atoms with E-state index in [0.29, 0.717) is 11.3 Å². The maximum Gasteiger partial charge on any atom is 0.166 e. The van der Waals surface area contributed by atoms with E-state index < -0.39 is 0 Å². The van der Waals surface area contributed by atoms with Crippen LogP contribution in [0.25, 0.3) is 11.0 Å². The Balaban J connectivity index is 1.78. The molecule has 0 radical (unpaired) electrons. The van der Waals surface area contributed by atoms with Crippen molar-refractivity contribution in [2.75, 3.05) is 0 Å². The van der Waals surface area contributed by atoms with Crippen LogP contribution in [-0.4, -0.2) is 21.3 Å². The molecule has 1 aromatic carbocycles. The molecule has 1 heterocycles. The molecular formula is C14H19N3S. The topological polar surface area (TPSA) is 54.7 Å². The fourth-order valence-corrected chi connectivity index (χ4v) is 3.87. The van der Waals surface area contributed by atoms with Crippen LogP contribution in [0.3, 0.4) is 0 Å². The van der Waals surface area contributed by atoms with Crippen molar-refractivity contribution < 1.29 is 0 Å². The quantitative estimate of drug-likeness (QED) is 0.872. The van der Waals surface area contributed by atoms with E-state index in [-0.39, 0.29) is 0 Å². The number of aromatic nitrogens is 2. The first kappa shape index (κ1) is 12.1. The van der Waals surface area contributed by atoms with Crippen molar-refractivity contribution in [3.63, 3.8) is 0 Å². The average molecular weight is 261 g/mol. The number of aromatic amines is 1. The minimum atomic E-state index is 0.378. The van der Waals surface area contributed by atoms with E-state index in [1.165, 1.54) is 24.8 Å². The zero-order valence-electron chi connectivity index (χ0n) is 10.6. The van der Waals surface area contributed by atoms with Crippen molar-refractivity contribution >= 4 is 22.8 Å². The van der Waals surface area contributed by atoms with E-state index in [9.17, 15) is 0 Å². The van der Waals surface area contributed by atoms with Gasteiger partial charge in [-0.25, -0.2) is 4.98 Å². The molecule has 3 N–H and O–H groups in total. The number of nitrogens with one attached hydrogen (secondary N) is 1. The SMILES string of the molecule is Cc1ccc2nc(SC3CCCC(N)C3)[nH]c2c1. The fraction of sp³-hybridized carbons (Fsp3) is 0.500. The highest BCUT2D eigenvalue weighted by atomic mass is 32.2. The smallest absolute Gasteiger partial charge is 0.166 e. The Bertz CT molecular complexity index is 549. The Morgan fingerprint density at radius 2 is 2.28 bits per heavy atom. The zero-order chi connectivity index (χ0) is 12.5. The zero-order valence-corrected chi connectivity index (χ0v) is 11.5. The van der Waals surface area contributed by atoms with Gasteiger partial charge in [0.15, 0.2) is 5.16 Å². The van der Waals surface area contributed by atoms with E-state index in [1.807, 2.05) is 11.8 Å². The van der Waals surface area contributed by atoms with Gasteiger partial charge in [0.05, 0.1) is 11.0 Å². The van der Waals surface area contributed by atoms with Crippen molar-refractivity contribution in [1.82, 2.24) is 9.97 Å². The summed E-state index contributed by atoms with van der Waals surface area (Å²) < 4.78 is 0. The van der Waals surface area contributed by atoms with E-state index in [4.69, 9.17) is 5.73 Å². The Labute approximate surface area is 112 Å². The Hall–Kier alpha value is -1.00. The number of imidazole rings is 1. The van der Waals surface area contributed by atoms with Gasteiger partial charge in [-0.2, -0.15) is 0 Å². The molecule has 1 aliphatic carbocycles. The molecule has 18 heavy (non-hydrogen) atoms. The van der Waals surface area contributed by atoms with Gasteiger partial charge < -0.3 is 10.7 Å². The molecule has 0 bridgehead atoms. The molecule has 2 aromatic rings. The predicted octanol–water partition coefficient (Wildman–Crippen LogP) is 3.23. The summed E-state index contributed by atoms with van der Waals surface area (Å²) in [6.07, 6.45) is 4.80. The summed E-state index contributed by atoms with van der Waals surface area (Å²) in [5, 5.41) is 1.66. The highest BCUT2D eigenvalue weighted by Crippen LogP contribution is 2.32. The highest BCUT2D eigenvalue weighted by molar-refractivity contribution is 7.99. The van der Waals surface area contributed by atoms with Crippen molar-refractivity contribution in [3.05, 3.63) is 23.8 Å². The molecule has 1 saturated carbocycles. The van der Waals surface area contributed by atoms with Crippen molar-refractivity contribution in [3.8, 4) is 0 Å². The second-order valence-corrected chi connectivity index (χ2v) is 6.52. The number of nitrogens with zero attached hydrogens (tertiary/aromatic N) is 1. The monoisotopic (exact) mass is 261 g/mol. The summed E-state index contributed by atoms with van der Waals surface area (Å²) in [7, 11) is 0. The Morgan fingerprint density at radius 1 is 1.39 bits per heavy atom. The molecule has 0 aliphatic heterocycles. The number of nitrogens with two attached hydrogens (primary N) is 1. The Morgan fingerprint density at radius 3 is 3.11 bits per heavy atom. The molecule has 96 valence electrons. The lowest BCUT2D eigenvalue weighted by molar-refractivity contribution is 0.451. The largest absolute Gasteiger partial charge is 0.333 e. The van der Waals surface area contributed by atoms with Gasteiger partial charge in [0, 0.05) is 11.3 Å². The first-order valence-electron chi connectivity index (χ1n) is 6.59. The summed E-state index contributed by atoms with van der Waals surface area (Å²) in [5.41, 5.74) is 9.49. The van der Waals surface area contributed by atoms with Gasteiger partial charge in [0.1, 0.15) is 0 Å². The van der Waals surface area contributed by atoms with Crippen molar-refractivity contribution in [1.29, 1.82) is 0 Å². The van der Waals surface area contributed by atoms with Crippen LogP contribution in [0.1, 0.15) is 31.2 Å². The minimum Gasteiger partial charge on any atom is -0.333 e. The van der Waals surface area contributed by atoms with Gasteiger partial charge in [0.25, 0.3) is 0 Å². The van der Waals surface area contributed by atoms with Gasteiger partial charge in [-0.15, -0.1) is 0 Å². The van der Waals surface area contributed by atoms with Gasteiger partial charge in [0.2, 0.25) is 0 Å². The van der Waals surface area contributed by atoms with Crippen LogP contribution in [-0.2, 0) is 0 Å². The summed E-state index contributed by atoms with van der Waals surface area (Å²) in [5.74, 6) is 0. The first-order chi connectivity index (χ1) is 8.70. The molecule has 0 amide bonds. The second kappa shape index (κ2) is 4.94. The number of fused-ring (bicyclic) bond motifs is 1. The normalized spacial score (nSPS) is 24.6.